The number of ketones is 1. The molecular weight excluding hydrogens is 264 g/mol. The lowest BCUT2D eigenvalue weighted by molar-refractivity contribution is 0.103. The molecule has 0 spiro atoms. The largest absolute Gasteiger partial charge is 0.496 e. The monoisotopic (exact) mass is 284 g/mol. The molecule has 21 heavy (non-hydrogen) atoms. The molecule has 0 aliphatic carbocycles. The second-order valence-corrected chi connectivity index (χ2v) is 4.73. The van der Waals surface area contributed by atoms with Gasteiger partial charge in [0.15, 0.2) is 0 Å². The fraction of sp³-hybridized carbons (Fsp3) is 0.278. The van der Waals surface area contributed by atoms with E-state index in [-0.39, 0.29) is 5.78 Å². The van der Waals surface area contributed by atoms with E-state index in [1.165, 1.54) is 0 Å². The molecule has 110 valence electrons. The minimum atomic E-state index is -0.0838. The molecule has 3 nitrogen and oxygen atoms in total. The molecule has 0 atom stereocenters. The Morgan fingerprint density at radius 3 is 2.38 bits per heavy atom. The summed E-state index contributed by atoms with van der Waals surface area (Å²) < 4.78 is 11.1. The van der Waals surface area contributed by atoms with Crippen molar-refractivity contribution >= 4 is 5.78 Å². The van der Waals surface area contributed by atoms with Gasteiger partial charge in [-0.05, 0) is 18.6 Å². The SMILES string of the molecule is CCCCOc1cccc(OC)c1C(=O)c1ccccc1. The van der Waals surface area contributed by atoms with Crippen LogP contribution in [0.4, 0.5) is 0 Å². The van der Waals surface area contributed by atoms with Gasteiger partial charge >= 0.3 is 0 Å². The topological polar surface area (TPSA) is 35.5 Å². The second-order valence-electron chi connectivity index (χ2n) is 4.73. The fourth-order valence-corrected chi connectivity index (χ4v) is 2.09. The Labute approximate surface area is 125 Å². The summed E-state index contributed by atoms with van der Waals surface area (Å²) in [7, 11) is 1.56. The third kappa shape index (κ3) is 3.63. The predicted molar refractivity (Wildman–Crippen MR) is 83.3 cm³/mol. The molecule has 0 aliphatic heterocycles. The Morgan fingerprint density at radius 1 is 1.00 bits per heavy atom. The van der Waals surface area contributed by atoms with Gasteiger partial charge in [0.25, 0.3) is 0 Å². The minimum absolute atomic E-state index is 0.0838. The standard InChI is InChI=1S/C18H20O3/c1-3-4-13-21-16-12-8-11-15(20-2)17(16)18(19)14-9-6-5-7-10-14/h5-12H,3-4,13H2,1-2H3. The zero-order valence-corrected chi connectivity index (χ0v) is 12.5. The van der Waals surface area contributed by atoms with Gasteiger partial charge < -0.3 is 9.47 Å². The maximum atomic E-state index is 12.7. The first-order chi connectivity index (χ1) is 10.3. The molecule has 0 radical (unpaired) electrons. The second kappa shape index (κ2) is 7.48. The van der Waals surface area contributed by atoms with Crippen LogP contribution < -0.4 is 9.47 Å². The van der Waals surface area contributed by atoms with E-state index in [0.717, 1.165) is 12.8 Å². The average molecular weight is 284 g/mol. The van der Waals surface area contributed by atoms with E-state index in [1.807, 2.05) is 30.3 Å². The van der Waals surface area contributed by atoms with E-state index < -0.39 is 0 Å². The molecule has 3 heteroatoms. The highest BCUT2D eigenvalue weighted by atomic mass is 16.5. The molecule has 0 aromatic heterocycles. The summed E-state index contributed by atoms with van der Waals surface area (Å²) >= 11 is 0. The first kappa shape index (κ1) is 15.1. The first-order valence-corrected chi connectivity index (χ1v) is 7.17. The Morgan fingerprint density at radius 2 is 1.71 bits per heavy atom. The van der Waals surface area contributed by atoms with Crippen molar-refractivity contribution in [3.63, 3.8) is 0 Å². The molecule has 0 aliphatic rings. The number of methoxy groups -OCH3 is 1. The third-order valence-electron chi connectivity index (χ3n) is 3.23. The summed E-state index contributed by atoms with van der Waals surface area (Å²) in [6.07, 6.45) is 2.00. The van der Waals surface area contributed by atoms with Crippen LogP contribution >= 0.6 is 0 Å². The number of carbonyl (C=O) groups excluding carboxylic acids is 1. The fourth-order valence-electron chi connectivity index (χ4n) is 2.09. The normalized spacial score (nSPS) is 10.2. The van der Waals surface area contributed by atoms with Gasteiger partial charge in [-0.1, -0.05) is 49.7 Å². The highest BCUT2D eigenvalue weighted by molar-refractivity contribution is 6.12. The molecule has 0 saturated heterocycles. The van der Waals surface area contributed by atoms with Gasteiger partial charge in [-0.15, -0.1) is 0 Å². The summed E-state index contributed by atoms with van der Waals surface area (Å²) in [5.74, 6) is 1.04. The van der Waals surface area contributed by atoms with Crippen LogP contribution in [0.1, 0.15) is 35.7 Å². The molecule has 2 rings (SSSR count). The van der Waals surface area contributed by atoms with E-state index in [2.05, 4.69) is 6.92 Å². The van der Waals surface area contributed by atoms with Crippen LogP contribution in [0.5, 0.6) is 11.5 Å². The van der Waals surface area contributed by atoms with Gasteiger partial charge in [0.1, 0.15) is 17.1 Å². The molecule has 0 bridgehead atoms. The van der Waals surface area contributed by atoms with Crippen molar-refractivity contribution in [2.75, 3.05) is 13.7 Å². The number of benzene rings is 2. The van der Waals surface area contributed by atoms with Gasteiger partial charge in [-0.3, -0.25) is 4.79 Å². The Balaban J connectivity index is 2.37. The number of hydrogen-bond donors (Lipinski definition) is 0. The predicted octanol–water partition coefficient (Wildman–Crippen LogP) is 4.11. The number of ether oxygens (including phenoxy) is 2. The quantitative estimate of drug-likeness (QED) is 0.567. The lowest BCUT2D eigenvalue weighted by Gasteiger charge is -2.14. The van der Waals surface area contributed by atoms with Crippen LogP contribution in [0.3, 0.4) is 0 Å². The summed E-state index contributed by atoms with van der Waals surface area (Å²) in [6, 6.07) is 14.6. The minimum Gasteiger partial charge on any atom is -0.496 e. The average Bonchev–Trinajstić information content (AvgIpc) is 2.55. The molecule has 0 unspecified atom stereocenters. The summed E-state index contributed by atoms with van der Waals surface area (Å²) in [5.41, 5.74) is 1.12. The van der Waals surface area contributed by atoms with Crippen LogP contribution in [0.25, 0.3) is 0 Å². The molecule has 0 amide bonds. The van der Waals surface area contributed by atoms with Gasteiger partial charge in [-0.25, -0.2) is 0 Å². The molecule has 0 heterocycles. The zero-order chi connectivity index (χ0) is 15.1. The maximum Gasteiger partial charge on any atom is 0.200 e. The van der Waals surface area contributed by atoms with Crippen LogP contribution in [-0.4, -0.2) is 19.5 Å². The molecule has 2 aromatic carbocycles. The Hall–Kier alpha value is -2.29. The van der Waals surface area contributed by atoms with Gasteiger partial charge in [0.2, 0.25) is 5.78 Å². The van der Waals surface area contributed by atoms with E-state index in [1.54, 1.807) is 25.3 Å². The zero-order valence-electron chi connectivity index (χ0n) is 12.5. The van der Waals surface area contributed by atoms with E-state index in [0.29, 0.717) is 29.2 Å². The molecule has 0 N–H and O–H groups in total. The maximum absolute atomic E-state index is 12.7. The lowest BCUT2D eigenvalue weighted by Crippen LogP contribution is -2.08. The summed E-state index contributed by atoms with van der Waals surface area (Å²) in [5, 5.41) is 0. The molecule has 2 aromatic rings. The van der Waals surface area contributed by atoms with Crippen molar-refractivity contribution in [1.29, 1.82) is 0 Å². The van der Waals surface area contributed by atoms with Crippen LogP contribution in [0, 0.1) is 0 Å². The van der Waals surface area contributed by atoms with E-state index in [4.69, 9.17) is 9.47 Å². The van der Waals surface area contributed by atoms with Crippen LogP contribution in [0.2, 0.25) is 0 Å². The number of unbranched alkanes of at least 4 members (excludes halogenated alkanes) is 1. The lowest BCUT2D eigenvalue weighted by atomic mass is 10.0. The smallest absolute Gasteiger partial charge is 0.200 e. The summed E-state index contributed by atoms with van der Waals surface area (Å²) in [6.45, 7) is 2.70. The van der Waals surface area contributed by atoms with Crippen molar-refractivity contribution in [2.45, 2.75) is 19.8 Å². The van der Waals surface area contributed by atoms with Crippen LogP contribution in [-0.2, 0) is 0 Å². The highest BCUT2D eigenvalue weighted by Crippen LogP contribution is 2.31. The molecular formula is C18H20O3. The van der Waals surface area contributed by atoms with Crippen molar-refractivity contribution in [3.05, 3.63) is 59.7 Å². The van der Waals surface area contributed by atoms with E-state index in [9.17, 15) is 4.79 Å². The molecule has 0 fully saturated rings. The van der Waals surface area contributed by atoms with Gasteiger partial charge in [-0.2, -0.15) is 0 Å². The Bertz CT molecular complexity index is 591. The number of carbonyl (C=O) groups is 1. The van der Waals surface area contributed by atoms with Gasteiger partial charge in [0, 0.05) is 5.56 Å². The van der Waals surface area contributed by atoms with Crippen molar-refractivity contribution < 1.29 is 14.3 Å². The number of rotatable bonds is 7. The van der Waals surface area contributed by atoms with Crippen molar-refractivity contribution in [1.82, 2.24) is 0 Å². The Kier molecular flexibility index (Phi) is 5.38. The van der Waals surface area contributed by atoms with Crippen molar-refractivity contribution in [2.24, 2.45) is 0 Å². The number of hydrogen-bond acceptors (Lipinski definition) is 3. The molecule has 0 saturated carbocycles. The third-order valence-corrected chi connectivity index (χ3v) is 3.23. The van der Waals surface area contributed by atoms with Gasteiger partial charge in [0.05, 0.1) is 13.7 Å². The summed E-state index contributed by atoms with van der Waals surface area (Å²) in [4.78, 5) is 12.7. The van der Waals surface area contributed by atoms with E-state index >= 15 is 0 Å². The highest BCUT2D eigenvalue weighted by Gasteiger charge is 2.19. The van der Waals surface area contributed by atoms with Crippen molar-refractivity contribution in [3.8, 4) is 11.5 Å². The first-order valence-electron chi connectivity index (χ1n) is 7.17. The van der Waals surface area contributed by atoms with Crippen LogP contribution in [0.15, 0.2) is 48.5 Å².